The van der Waals surface area contributed by atoms with Gasteiger partial charge in [-0.15, -0.1) is 0 Å². The van der Waals surface area contributed by atoms with Gasteiger partial charge < -0.3 is 29.3 Å². The van der Waals surface area contributed by atoms with Crippen LogP contribution in [0.5, 0.6) is 0 Å². The molecule has 0 bridgehead atoms. The maximum atomic E-state index is 12.6. The van der Waals surface area contributed by atoms with Crippen LogP contribution < -0.4 is 22.5 Å². The average molecular weight is 576 g/mol. The number of ketones is 1. The van der Waals surface area contributed by atoms with Gasteiger partial charge in [-0.05, 0) is 18.2 Å². The Bertz CT molecular complexity index is 2040. The molecular weight excluding hydrogens is 564 g/mol. The molecule has 0 aliphatic rings. The molecule has 4 N–H and O–H groups in total. The average Bonchev–Trinajstić information content (AvgIpc) is 3.39. The van der Waals surface area contributed by atoms with Crippen LogP contribution in [-0.4, -0.2) is 50.1 Å². The molecule has 15 nitrogen and oxygen atoms in total. The van der Waals surface area contributed by atoms with E-state index < -0.39 is 80.0 Å². The molecule has 0 spiro atoms. The first-order chi connectivity index (χ1) is 19.7. The molecule has 2 heterocycles. The summed E-state index contributed by atoms with van der Waals surface area (Å²) >= 11 is 0. The lowest BCUT2D eigenvalue weighted by atomic mass is 9.88. The van der Waals surface area contributed by atoms with Crippen LogP contribution in [-0.2, 0) is 0 Å². The van der Waals surface area contributed by atoms with Crippen LogP contribution in [0.25, 0.3) is 21.5 Å². The first-order valence-electron chi connectivity index (χ1n) is 11.2. The summed E-state index contributed by atoms with van der Waals surface area (Å²) in [4.78, 5) is 103. The number of carbonyl (C=O) groups is 5. The van der Waals surface area contributed by atoms with E-state index in [1.165, 1.54) is 24.3 Å². The molecule has 0 aliphatic heterocycles. The van der Waals surface area contributed by atoms with Gasteiger partial charge in [0.2, 0.25) is 0 Å². The summed E-state index contributed by atoms with van der Waals surface area (Å²) < 4.78 is 8.68. The van der Waals surface area contributed by atoms with Crippen LogP contribution in [0.3, 0.4) is 0 Å². The highest BCUT2D eigenvalue weighted by atomic mass is 16.4. The van der Waals surface area contributed by atoms with Crippen molar-refractivity contribution in [2.24, 2.45) is 0 Å². The van der Waals surface area contributed by atoms with Crippen LogP contribution in [0.1, 0.15) is 57.4 Å². The molecule has 0 atom stereocenters. The second-order valence-corrected chi connectivity index (χ2v) is 8.31. The molecule has 5 aromatic rings. The predicted octanol–water partition coefficient (Wildman–Crippen LogP) is 1.21. The smallest absolute Gasteiger partial charge is 0.346 e. The fourth-order valence-electron chi connectivity index (χ4n) is 4.10. The Hall–Kier alpha value is -6.51. The van der Waals surface area contributed by atoms with Crippen LogP contribution in [0.2, 0.25) is 0 Å². The molecule has 0 radical (unpaired) electrons. The van der Waals surface area contributed by atoms with Crippen molar-refractivity contribution in [3.05, 3.63) is 124 Å². The molecule has 15 heteroatoms. The third-order valence-electron chi connectivity index (χ3n) is 5.89. The highest BCUT2D eigenvalue weighted by Gasteiger charge is 2.34. The molecule has 0 saturated carbocycles. The minimum Gasteiger partial charge on any atom is -0.478 e. The van der Waals surface area contributed by atoms with E-state index in [2.05, 4.69) is 8.83 Å². The summed E-state index contributed by atoms with van der Waals surface area (Å²) in [6.45, 7) is 0. The van der Waals surface area contributed by atoms with Crippen molar-refractivity contribution in [2.45, 2.75) is 0 Å². The van der Waals surface area contributed by atoms with Gasteiger partial charge in [0.05, 0.1) is 43.8 Å². The lowest BCUT2D eigenvalue weighted by Crippen LogP contribution is -2.23. The third kappa shape index (κ3) is 4.84. The minimum atomic E-state index is -1.98. The second kappa shape index (κ2) is 10.6. The Labute approximate surface area is 228 Å². The Morgan fingerprint density at radius 1 is 0.476 bits per heavy atom. The first kappa shape index (κ1) is 28.5. The zero-order chi connectivity index (χ0) is 31.0. The van der Waals surface area contributed by atoms with E-state index in [9.17, 15) is 63.6 Å². The van der Waals surface area contributed by atoms with Crippen LogP contribution in [0, 0.1) is 0 Å². The van der Waals surface area contributed by atoms with Crippen LogP contribution in [0.4, 0.5) is 0 Å². The molecule has 0 saturated heterocycles. The lowest BCUT2D eigenvalue weighted by molar-refractivity contribution is 0.0618. The number of fused-ring (bicyclic) bond motifs is 2. The standard InChI is InChI=1S/C17H10O9.C10H2O6/c18-13(7-4-2-1-3-5-7)8-6-9(14(19)20)11(16(23)24)12(17(25)26)10(8)15(21)22;11-7-3-1-4-6(10(14)16-8(4)12)2-5(3)9(13)15-7/h1-6H,(H,19,20)(H,21,22)(H,23,24)(H,25,26);1-2H. The molecule has 42 heavy (non-hydrogen) atoms. The van der Waals surface area contributed by atoms with Gasteiger partial charge in [-0.1, -0.05) is 30.3 Å². The molecule has 0 aliphatic carbocycles. The molecular formula is C27H12O15. The highest BCUT2D eigenvalue weighted by molar-refractivity contribution is 6.21. The zero-order valence-electron chi connectivity index (χ0n) is 20.4. The van der Waals surface area contributed by atoms with Crippen molar-refractivity contribution < 1.29 is 53.2 Å². The van der Waals surface area contributed by atoms with Gasteiger partial charge in [-0.3, -0.25) is 4.79 Å². The van der Waals surface area contributed by atoms with Crippen molar-refractivity contribution in [3.63, 3.8) is 0 Å². The van der Waals surface area contributed by atoms with Crippen molar-refractivity contribution in [1.29, 1.82) is 0 Å². The zero-order valence-corrected chi connectivity index (χ0v) is 20.4. The molecule has 0 fully saturated rings. The van der Waals surface area contributed by atoms with E-state index >= 15 is 0 Å². The van der Waals surface area contributed by atoms with E-state index in [1.807, 2.05) is 0 Å². The van der Waals surface area contributed by atoms with Gasteiger partial charge in [0.1, 0.15) is 0 Å². The topological polar surface area (TPSA) is 261 Å². The molecule has 0 amide bonds. The third-order valence-corrected chi connectivity index (χ3v) is 5.89. The van der Waals surface area contributed by atoms with Crippen molar-refractivity contribution in [3.8, 4) is 0 Å². The predicted molar refractivity (Wildman–Crippen MR) is 138 cm³/mol. The Morgan fingerprint density at radius 2 is 0.857 bits per heavy atom. The van der Waals surface area contributed by atoms with Gasteiger partial charge in [-0.25, -0.2) is 38.4 Å². The summed E-state index contributed by atoms with van der Waals surface area (Å²) in [7, 11) is 0. The maximum Gasteiger partial charge on any atom is 0.346 e. The number of hydrogen-bond donors (Lipinski definition) is 4. The number of carboxylic acid groups (broad SMARTS) is 4. The summed E-state index contributed by atoms with van der Waals surface area (Å²) in [5.41, 5.74) is -8.63. The second-order valence-electron chi connectivity index (χ2n) is 8.31. The number of benzene rings is 3. The van der Waals surface area contributed by atoms with Gasteiger partial charge in [0.15, 0.2) is 5.78 Å². The summed E-state index contributed by atoms with van der Waals surface area (Å²) in [5, 5.41) is 37.0. The lowest BCUT2D eigenvalue weighted by Gasteiger charge is -2.14. The monoisotopic (exact) mass is 576 g/mol. The number of carbonyl (C=O) groups excluding carboxylic acids is 1. The molecule has 0 unspecified atom stereocenters. The van der Waals surface area contributed by atoms with Crippen molar-refractivity contribution >= 4 is 51.2 Å². The normalized spacial score (nSPS) is 10.7. The van der Waals surface area contributed by atoms with E-state index in [0.717, 1.165) is 12.1 Å². The van der Waals surface area contributed by atoms with E-state index in [0.29, 0.717) is 6.07 Å². The van der Waals surface area contributed by atoms with Gasteiger partial charge in [-0.2, -0.15) is 0 Å². The fourth-order valence-corrected chi connectivity index (χ4v) is 4.10. The number of rotatable bonds is 6. The van der Waals surface area contributed by atoms with E-state index in [1.54, 1.807) is 6.07 Å². The van der Waals surface area contributed by atoms with Crippen LogP contribution in [0.15, 0.2) is 76.5 Å². The van der Waals surface area contributed by atoms with Gasteiger partial charge in [0.25, 0.3) is 0 Å². The highest BCUT2D eigenvalue weighted by Crippen LogP contribution is 2.27. The van der Waals surface area contributed by atoms with Crippen LogP contribution >= 0.6 is 0 Å². The Kier molecular flexibility index (Phi) is 7.17. The molecule has 5 rings (SSSR count). The minimum absolute atomic E-state index is 0.0181. The summed E-state index contributed by atoms with van der Waals surface area (Å²) in [6, 6.07) is 10.0. The number of hydrogen-bond acceptors (Lipinski definition) is 11. The Morgan fingerprint density at radius 3 is 1.21 bits per heavy atom. The largest absolute Gasteiger partial charge is 0.478 e. The van der Waals surface area contributed by atoms with Gasteiger partial charge >= 0.3 is 46.4 Å². The van der Waals surface area contributed by atoms with Crippen molar-refractivity contribution in [2.75, 3.05) is 0 Å². The SMILES string of the molecule is O=C(O)c1cc(C(=O)c2ccccc2)c(C(=O)O)c(C(=O)O)c1C(=O)O.O=c1oc(=O)c2cc3c(=O)oc(=O)c3cc12. The van der Waals surface area contributed by atoms with E-state index in [4.69, 9.17) is 0 Å². The Balaban J connectivity index is 0.000000214. The quantitative estimate of drug-likeness (QED) is 0.207. The number of furan rings is 2. The maximum absolute atomic E-state index is 12.6. The number of carboxylic acids is 4. The van der Waals surface area contributed by atoms with Crippen molar-refractivity contribution in [1.82, 2.24) is 0 Å². The molecule has 210 valence electrons. The van der Waals surface area contributed by atoms with Gasteiger partial charge in [0, 0.05) is 11.1 Å². The first-order valence-corrected chi connectivity index (χ1v) is 11.2. The number of aromatic carboxylic acids is 4. The summed E-state index contributed by atoms with van der Waals surface area (Å²) in [5.74, 6) is -8.57. The summed E-state index contributed by atoms with van der Waals surface area (Å²) in [6.07, 6.45) is 0. The molecule has 3 aromatic carbocycles. The molecule has 2 aromatic heterocycles. The fraction of sp³-hybridized carbons (Fsp3) is 0. The van der Waals surface area contributed by atoms with E-state index in [-0.39, 0.29) is 27.1 Å².